The molecule has 2 atom stereocenters. The highest BCUT2D eigenvalue weighted by atomic mass is 16.5. The zero-order valence-electron chi connectivity index (χ0n) is 12.5. The zero-order chi connectivity index (χ0) is 16.3. The highest BCUT2D eigenvalue weighted by Crippen LogP contribution is 2.49. The molecule has 2 unspecified atom stereocenters. The quantitative estimate of drug-likeness (QED) is 0.649. The van der Waals surface area contributed by atoms with Gasteiger partial charge in [0.15, 0.2) is 5.54 Å². The number of methoxy groups -OCH3 is 2. The fourth-order valence-electron chi connectivity index (χ4n) is 3.76. The van der Waals surface area contributed by atoms with Crippen molar-refractivity contribution >= 4 is 23.8 Å². The van der Waals surface area contributed by atoms with Crippen LogP contribution in [-0.2, 0) is 28.7 Å². The number of fused-ring (bicyclic) bond motifs is 1. The number of carbonyl (C=O) groups excluding carboxylic acids is 4. The standard InChI is InChI=1S/C14H16N2O6/c1-13-7(9(17)21-2)8(10(18)22-3)14(11(19)15-13)5-4-6-16(14)12(13)20/h4-6H2,1-3H3,(H,15,19). The van der Waals surface area contributed by atoms with Gasteiger partial charge in [0.1, 0.15) is 5.54 Å². The van der Waals surface area contributed by atoms with E-state index in [-0.39, 0.29) is 17.6 Å². The van der Waals surface area contributed by atoms with Crippen molar-refractivity contribution in [2.24, 2.45) is 0 Å². The van der Waals surface area contributed by atoms with E-state index in [9.17, 15) is 19.2 Å². The highest BCUT2D eigenvalue weighted by Gasteiger charge is 2.70. The number of rotatable bonds is 2. The summed E-state index contributed by atoms with van der Waals surface area (Å²) in [7, 11) is 2.33. The van der Waals surface area contributed by atoms with E-state index in [1.165, 1.54) is 18.9 Å². The number of piperazine rings is 1. The monoisotopic (exact) mass is 308 g/mol. The minimum absolute atomic E-state index is 0.0785. The lowest BCUT2D eigenvalue weighted by Crippen LogP contribution is -2.79. The number of carbonyl (C=O) groups is 4. The summed E-state index contributed by atoms with van der Waals surface area (Å²) in [5.74, 6) is -2.47. The third-order valence-corrected chi connectivity index (χ3v) is 4.74. The van der Waals surface area contributed by atoms with Crippen molar-refractivity contribution in [1.82, 2.24) is 10.2 Å². The molecule has 118 valence electrons. The fourth-order valence-corrected chi connectivity index (χ4v) is 3.76. The van der Waals surface area contributed by atoms with Crippen LogP contribution in [0.5, 0.6) is 0 Å². The number of nitrogens with zero attached hydrogens (tertiary/aromatic N) is 1. The van der Waals surface area contributed by atoms with E-state index in [2.05, 4.69) is 5.32 Å². The molecule has 0 aromatic carbocycles. The predicted octanol–water partition coefficient (Wildman–Crippen LogP) is -1.11. The van der Waals surface area contributed by atoms with Crippen molar-refractivity contribution in [3.05, 3.63) is 11.1 Å². The van der Waals surface area contributed by atoms with Crippen LogP contribution in [0.15, 0.2) is 11.1 Å². The Morgan fingerprint density at radius 1 is 1.14 bits per heavy atom. The van der Waals surface area contributed by atoms with Gasteiger partial charge in [0.25, 0.3) is 11.8 Å². The molecule has 8 nitrogen and oxygen atoms in total. The van der Waals surface area contributed by atoms with Gasteiger partial charge in [-0.15, -0.1) is 0 Å². The Balaban J connectivity index is 2.39. The average molecular weight is 308 g/mol. The number of esters is 2. The summed E-state index contributed by atoms with van der Waals surface area (Å²) in [6, 6.07) is 0. The van der Waals surface area contributed by atoms with Crippen LogP contribution in [0, 0.1) is 0 Å². The first-order chi connectivity index (χ1) is 10.3. The SMILES string of the molecule is COC(=O)C1=C(C(=O)OC)C23CCCN2C(=O)C1(C)NC3=O. The van der Waals surface area contributed by atoms with Gasteiger partial charge in [-0.25, -0.2) is 9.59 Å². The van der Waals surface area contributed by atoms with Gasteiger partial charge >= 0.3 is 11.9 Å². The van der Waals surface area contributed by atoms with Crippen molar-refractivity contribution in [3.8, 4) is 0 Å². The summed E-state index contributed by atoms with van der Waals surface area (Å²) in [6.45, 7) is 1.76. The maximum atomic E-state index is 12.7. The molecule has 0 aromatic heterocycles. The summed E-state index contributed by atoms with van der Waals surface area (Å²) in [5, 5.41) is 2.58. The molecule has 4 heterocycles. The Morgan fingerprint density at radius 2 is 1.73 bits per heavy atom. The molecule has 4 aliphatic heterocycles. The van der Waals surface area contributed by atoms with Gasteiger partial charge in [-0.2, -0.15) is 0 Å². The number of hydrogen-bond acceptors (Lipinski definition) is 6. The van der Waals surface area contributed by atoms with E-state index in [1.807, 2.05) is 0 Å². The minimum atomic E-state index is -1.61. The smallest absolute Gasteiger partial charge is 0.337 e. The molecule has 0 aliphatic carbocycles. The summed E-state index contributed by atoms with van der Waals surface area (Å²) in [5.41, 5.74) is -3.29. The number of nitrogens with one attached hydrogen (secondary N) is 1. The molecule has 8 heteroatoms. The first-order valence-corrected chi connectivity index (χ1v) is 6.91. The van der Waals surface area contributed by atoms with Crippen LogP contribution in [0.3, 0.4) is 0 Å². The Bertz CT molecular complexity index is 654. The second kappa shape index (κ2) is 4.31. The minimum Gasteiger partial charge on any atom is -0.466 e. The van der Waals surface area contributed by atoms with Crippen LogP contribution >= 0.6 is 0 Å². The topological polar surface area (TPSA) is 102 Å². The van der Waals surface area contributed by atoms with Crippen LogP contribution in [0.1, 0.15) is 19.8 Å². The van der Waals surface area contributed by atoms with E-state index in [1.54, 1.807) is 0 Å². The Morgan fingerprint density at radius 3 is 2.32 bits per heavy atom. The Labute approximate surface area is 126 Å². The maximum absolute atomic E-state index is 12.7. The number of amides is 2. The van der Waals surface area contributed by atoms with E-state index < -0.39 is 34.8 Å². The van der Waals surface area contributed by atoms with Crippen molar-refractivity contribution in [2.75, 3.05) is 20.8 Å². The summed E-state index contributed by atoms with van der Waals surface area (Å²) in [6.07, 6.45) is 0.829. The lowest BCUT2D eigenvalue weighted by Gasteiger charge is -2.54. The molecule has 2 saturated heterocycles. The number of hydrogen-bond donors (Lipinski definition) is 1. The van der Waals surface area contributed by atoms with Gasteiger partial charge in [-0.3, -0.25) is 9.59 Å². The Kier molecular flexibility index (Phi) is 2.85. The van der Waals surface area contributed by atoms with E-state index in [4.69, 9.17) is 9.47 Å². The largest absolute Gasteiger partial charge is 0.466 e. The van der Waals surface area contributed by atoms with Gasteiger partial charge in [0, 0.05) is 6.54 Å². The van der Waals surface area contributed by atoms with Crippen molar-refractivity contribution in [1.29, 1.82) is 0 Å². The lowest BCUT2D eigenvalue weighted by atomic mass is 9.68. The van der Waals surface area contributed by atoms with Crippen LogP contribution in [0.25, 0.3) is 0 Å². The normalized spacial score (nSPS) is 32.8. The zero-order valence-corrected chi connectivity index (χ0v) is 12.5. The fraction of sp³-hybridized carbons (Fsp3) is 0.571. The molecule has 2 amide bonds. The average Bonchev–Trinajstić information content (AvgIpc) is 2.94. The molecule has 2 bridgehead atoms. The van der Waals surface area contributed by atoms with Crippen LogP contribution < -0.4 is 5.32 Å². The molecule has 1 spiro atoms. The third-order valence-electron chi connectivity index (χ3n) is 4.74. The molecule has 4 aliphatic rings. The van der Waals surface area contributed by atoms with E-state index in [0.717, 1.165) is 7.11 Å². The third kappa shape index (κ3) is 1.37. The summed E-state index contributed by atoms with van der Waals surface area (Å²) < 4.78 is 9.51. The molecule has 4 rings (SSSR count). The second-order valence-corrected chi connectivity index (χ2v) is 5.73. The molecule has 2 fully saturated rings. The first-order valence-electron chi connectivity index (χ1n) is 6.91. The second-order valence-electron chi connectivity index (χ2n) is 5.73. The van der Waals surface area contributed by atoms with Gasteiger partial charge in [-0.1, -0.05) is 0 Å². The summed E-state index contributed by atoms with van der Waals surface area (Å²) in [4.78, 5) is 51.2. The predicted molar refractivity (Wildman–Crippen MR) is 71.3 cm³/mol. The molecule has 0 saturated carbocycles. The molecule has 1 N–H and O–H groups in total. The van der Waals surface area contributed by atoms with Gasteiger partial charge in [-0.05, 0) is 19.8 Å². The van der Waals surface area contributed by atoms with Crippen molar-refractivity contribution in [2.45, 2.75) is 30.8 Å². The van der Waals surface area contributed by atoms with E-state index >= 15 is 0 Å². The molecular weight excluding hydrogens is 292 g/mol. The first kappa shape index (κ1) is 14.6. The van der Waals surface area contributed by atoms with Crippen molar-refractivity contribution < 1.29 is 28.7 Å². The van der Waals surface area contributed by atoms with Crippen LogP contribution in [-0.4, -0.2) is 60.5 Å². The maximum Gasteiger partial charge on any atom is 0.337 e. The van der Waals surface area contributed by atoms with Crippen LogP contribution in [0.4, 0.5) is 0 Å². The van der Waals surface area contributed by atoms with Gasteiger partial charge in [0.05, 0.1) is 25.4 Å². The Hall–Kier alpha value is -2.38. The van der Waals surface area contributed by atoms with Crippen LogP contribution in [0.2, 0.25) is 0 Å². The molecule has 0 aromatic rings. The molecule has 0 radical (unpaired) electrons. The summed E-state index contributed by atoms with van der Waals surface area (Å²) >= 11 is 0. The van der Waals surface area contributed by atoms with Gasteiger partial charge in [0.2, 0.25) is 0 Å². The van der Waals surface area contributed by atoms with Gasteiger partial charge < -0.3 is 19.7 Å². The van der Waals surface area contributed by atoms with E-state index in [0.29, 0.717) is 13.0 Å². The molecular formula is C14H16N2O6. The highest BCUT2D eigenvalue weighted by molar-refractivity contribution is 6.21. The number of ether oxygens (including phenoxy) is 2. The lowest BCUT2D eigenvalue weighted by molar-refractivity contribution is -0.162. The van der Waals surface area contributed by atoms with Crippen molar-refractivity contribution in [3.63, 3.8) is 0 Å². The molecule has 22 heavy (non-hydrogen) atoms.